The van der Waals surface area contributed by atoms with Gasteiger partial charge in [-0.1, -0.05) is 28.1 Å². The van der Waals surface area contributed by atoms with Crippen LogP contribution in [0.1, 0.15) is 29.8 Å². The van der Waals surface area contributed by atoms with Gasteiger partial charge in [0, 0.05) is 4.47 Å². The molecule has 2 aromatic rings. The minimum Gasteiger partial charge on any atom is -0.490 e. The summed E-state index contributed by atoms with van der Waals surface area (Å²) in [6, 6.07) is 12.3. The smallest absolute Gasteiger partial charge is 0.276 e. The largest absolute Gasteiger partial charge is 0.490 e. The molecule has 154 valence electrons. The van der Waals surface area contributed by atoms with Crippen molar-refractivity contribution in [3.63, 3.8) is 0 Å². The van der Waals surface area contributed by atoms with Crippen molar-refractivity contribution in [2.45, 2.75) is 26.9 Å². The Morgan fingerprint density at radius 1 is 1.10 bits per heavy atom. The topological polar surface area (TPSA) is 88.7 Å². The van der Waals surface area contributed by atoms with Gasteiger partial charge in [-0.05, 0) is 68.9 Å². The van der Waals surface area contributed by atoms with Crippen LogP contribution < -0.4 is 25.6 Å². The van der Waals surface area contributed by atoms with Gasteiger partial charge in [-0.2, -0.15) is 0 Å². The van der Waals surface area contributed by atoms with E-state index in [1.54, 1.807) is 30.3 Å². The molecule has 0 aliphatic rings. The fraction of sp³-hybridized carbons (Fsp3) is 0.250. The first-order valence-corrected chi connectivity index (χ1v) is 10.0. The summed E-state index contributed by atoms with van der Waals surface area (Å²) in [5.41, 5.74) is 6.08. The number of ether oxygens (including phenoxy) is 2. The Morgan fingerprint density at radius 2 is 1.83 bits per heavy atom. The molecule has 0 aliphatic carbocycles. The van der Waals surface area contributed by atoms with E-state index in [4.69, 9.17) is 21.7 Å². The number of aryl methyl sites for hydroxylation is 1. The van der Waals surface area contributed by atoms with Crippen LogP contribution in [-0.2, 0) is 4.79 Å². The third-order valence-corrected chi connectivity index (χ3v) is 4.23. The molecular weight excluding hydrogens is 458 g/mol. The number of thiocarbonyl (C=S) groups is 1. The summed E-state index contributed by atoms with van der Waals surface area (Å²) in [4.78, 5) is 24.3. The lowest BCUT2D eigenvalue weighted by molar-refractivity contribution is -0.123. The van der Waals surface area contributed by atoms with Crippen LogP contribution in [0.5, 0.6) is 11.5 Å². The Labute approximate surface area is 183 Å². The molecule has 0 fully saturated rings. The first-order valence-electron chi connectivity index (χ1n) is 8.81. The summed E-state index contributed by atoms with van der Waals surface area (Å²) in [5, 5.41) is 2.44. The molecule has 3 N–H and O–H groups in total. The van der Waals surface area contributed by atoms with E-state index in [1.807, 2.05) is 32.9 Å². The number of para-hydroxylation sites is 1. The molecule has 9 heteroatoms. The predicted molar refractivity (Wildman–Crippen MR) is 118 cm³/mol. The van der Waals surface area contributed by atoms with Gasteiger partial charge in [0.15, 0.2) is 11.7 Å². The summed E-state index contributed by atoms with van der Waals surface area (Å²) >= 11 is 8.42. The van der Waals surface area contributed by atoms with Crippen molar-refractivity contribution in [3.8, 4) is 11.5 Å². The number of hydrogen-bond acceptors (Lipinski definition) is 5. The van der Waals surface area contributed by atoms with Crippen molar-refractivity contribution in [2.75, 3.05) is 6.61 Å². The summed E-state index contributed by atoms with van der Waals surface area (Å²) in [7, 11) is 0. The number of rotatable bonds is 6. The molecule has 2 rings (SSSR count). The van der Waals surface area contributed by atoms with Gasteiger partial charge in [0.25, 0.3) is 11.8 Å². The van der Waals surface area contributed by atoms with Gasteiger partial charge < -0.3 is 9.47 Å². The lowest BCUT2D eigenvalue weighted by atomic mass is 10.2. The number of carbonyl (C=O) groups is 2. The lowest BCUT2D eigenvalue weighted by Crippen LogP contribution is -2.49. The molecule has 0 saturated heterocycles. The van der Waals surface area contributed by atoms with Crippen molar-refractivity contribution in [2.24, 2.45) is 0 Å². The minimum absolute atomic E-state index is 0.0532. The molecule has 2 amide bonds. The van der Waals surface area contributed by atoms with Crippen molar-refractivity contribution in [1.29, 1.82) is 0 Å². The van der Waals surface area contributed by atoms with Crippen molar-refractivity contribution in [3.05, 3.63) is 58.1 Å². The van der Waals surface area contributed by atoms with E-state index in [9.17, 15) is 9.59 Å². The molecule has 0 unspecified atom stereocenters. The first-order chi connectivity index (χ1) is 13.8. The molecule has 0 atom stereocenters. The van der Waals surface area contributed by atoms with Gasteiger partial charge in [0.2, 0.25) is 0 Å². The Hall–Kier alpha value is -2.65. The molecule has 0 aromatic heterocycles. The summed E-state index contributed by atoms with van der Waals surface area (Å²) in [6.45, 7) is 5.40. The fourth-order valence-corrected chi connectivity index (χ4v) is 2.91. The van der Waals surface area contributed by atoms with Crippen LogP contribution in [0.4, 0.5) is 0 Å². The second kappa shape index (κ2) is 10.8. The molecule has 0 saturated carbocycles. The van der Waals surface area contributed by atoms with Gasteiger partial charge in [-0.25, -0.2) is 0 Å². The van der Waals surface area contributed by atoms with Crippen LogP contribution >= 0.6 is 28.1 Å². The number of carbonyl (C=O) groups excluding carboxylic acids is 2. The summed E-state index contributed by atoms with van der Waals surface area (Å²) < 4.78 is 12.0. The summed E-state index contributed by atoms with van der Waals surface area (Å²) in [6.07, 6.45) is -0.0809. The van der Waals surface area contributed by atoms with Crippen LogP contribution in [0.25, 0.3) is 0 Å². The van der Waals surface area contributed by atoms with Crippen molar-refractivity contribution >= 4 is 45.1 Å². The van der Waals surface area contributed by atoms with Crippen molar-refractivity contribution < 1.29 is 19.1 Å². The number of halogens is 1. The number of nitrogens with one attached hydrogen (secondary N) is 3. The maximum absolute atomic E-state index is 12.4. The van der Waals surface area contributed by atoms with E-state index in [0.717, 1.165) is 10.0 Å². The van der Waals surface area contributed by atoms with E-state index >= 15 is 0 Å². The number of benzene rings is 2. The minimum atomic E-state index is -0.451. The highest BCUT2D eigenvalue weighted by Crippen LogP contribution is 2.22. The second-order valence-corrected chi connectivity index (χ2v) is 7.64. The molecule has 0 aliphatic heterocycles. The van der Waals surface area contributed by atoms with Gasteiger partial charge >= 0.3 is 0 Å². The number of amides is 2. The Kier molecular flexibility index (Phi) is 8.41. The lowest BCUT2D eigenvalue weighted by Gasteiger charge is -2.15. The highest BCUT2D eigenvalue weighted by atomic mass is 79.9. The Balaban J connectivity index is 1.82. The first kappa shape index (κ1) is 22.6. The molecule has 0 bridgehead atoms. The molecule has 2 aromatic carbocycles. The molecule has 7 nitrogen and oxygen atoms in total. The third kappa shape index (κ3) is 7.35. The van der Waals surface area contributed by atoms with E-state index < -0.39 is 11.8 Å². The zero-order chi connectivity index (χ0) is 21.4. The van der Waals surface area contributed by atoms with Crippen LogP contribution in [-0.4, -0.2) is 29.6 Å². The second-order valence-electron chi connectivity index (χ2n) is 6.32. The number of hydrazine groups is 1. The average Bonchev–Trinajstić information content (AvgIpc) is 2.65. The van der Waals surface area contributed by atoms with Gasteiger partial charge in [-0.3, -0.25) is 25.8 Å². The van der Waals surface area contributed by atoms with E-state index in [-0.39, 0.29) is 17.8 Å². The van der Waals surface area contributed by atoms with E-state index in [2.05, 4.69) is 32.1 Å². The maximum Gasteiger partial charge on any atom is 0.276 e. The molecular formula is C20H22BrN3O4S. The van der Waals surface area contributed by atoms with Gasteiger partial charge in [0.05, 0.1) is 11.7 Å². The predicted octanol–water partition coefficient (Wildman–Crippen LogP) is 3.26. The summed E-state index contributed by atoms with van der Waals surface area (Å²) in [5.74, 6) is 0.147. The fourth-order valence-electron chi connectivity index (χ4n) is 2.29. The Morgan fingerprint density at radius 3 is 2.52 bits per heavy atom. The van der Waals surface area contributed by atoms with E-state index in [0.29, 0.717) is 17.1 Å². The van der Waals surface area contributed by atoms with Crippen LogP contribution in [0, 0.1) is 6.92 Å². The van der Waals surface area contributed by atoms with Crippen LogP contribution in [0.2, 0.25) is 0 Å². The average molecular weight is 480 g/mol. The third-order valence-electron chi connectivity index (χ3n) is 3.53. The highest BCUT2D eigenvalue weighted by molar-refractivity contribution is 9.10. The zero-order valence-corrected chi connectivity index (χ0v) is 18.6. The normalized spacial score (nSPS) is 10.2. The van der Waals surface area contributed by atoms with Crippen molar-refractivity contribution in [1.82, 2.24) is 16.2 Å². The van der Waals surface area contributed by atoms with Gasteiger partial charge in [0.1, 0.15) is 11.5 Å². The monoisotopic (exact) mass is 479 g/mol. The standard InChI is InChI=1S/C20H22BrN3O4S/c1-12(2)28-17-7-5-4-6-15(17)19(26)22-20(29)24-23-18(25)11-27-16-9-8-14(21)10-13(16)3/h4-10,12H,11H2,1-3H3,(H,23,25)(H2,22,24,26,29). The maximum atomic E-state index is 12.4. The highest BCUT2D eigenvalue weighted by Gasteiger charge is 2.14. The Bertz CT molecular complexity index is 905. The van der Waals surface area contributed by atoms with E-state index in [1.165, 1.54) is 0 Å². The van der Waals surface area contributed by atoms with Crippen LogP contribution in [0.15, 0.2) is 46.9 Å². The quantitative estimate of drug-likeness (QED) is 0.435. The number of hydrogen-bond donors (Lipinski definition) is 3. The molecule has 0 heterocycles. The van der Waals surface area contributed by atoms with Gasteiger partial charge in [-0.15, -0.1) is 0 Å². The van der Waals surface area contributed by atoms with Crippen LogP contribution in [0.3, 0.4) is 0 Å². The molecule has 0 radical (unpaired) electrons. The zero-order valence-electron chi connectivity index (χ0n) is 16.2. The SMILES string of the molecule is Cc1cc(Br)ccc1OCC(=O)NNC(=S)NC(=O)c1ccccc1OC(C)C. The molecule has 0 spiro atoms. The molecule has 29 heavy (non-hydrogen) atoms.